The van der Waals surface area contributed by atoms with Crippen molar-refractivity contribution in [1.82, 2.24) is 9.97 Å². The van der Waals surface area contributed by atoms with Gasteiger partial charge in [-0.25, -0.2) is 14.8 Å². The summed E-state index contributed by atoms with van der Waals surface area (Å²) in [6.45, 7) is 3.75. The van der Waals surface area contributed by atoms with E-state index in [1.54, 1.807) is 23.2 Å². The fourth-order valence-corrected chi connectivity index (χ4v) is 3.59. The van der Waals surface area contributed by atoms with Gasteiger partial charge in [-0.2, -0.15) is 13.2 Å². The van der Waals surface area contributed by atoms with Gasteiger partial charge in [0.15, 0.2) is 0 Å². The van der Waals surface area contributed by atoms with E-state index in [1.807, 2.05) is 36.1 Å². The normalized spacial score (nSPS) is 14.2. The maximum absolute atomic E-state index is 13.3. The molecule has 1 aromatic carbocycles. The van der Waals surface area contributed by atoms with E-state index in [4.69, 9.17) is 0 Å². The second-order valence-corrected chi connectivity index (χ2v) is 7.70. The molecular weight excluding hydrogens is 433 g/mol. The van der Waals surface area contributed by atoms with Crippen LogP contribution in [0.15, 0.2) is 60.9 Å². The summed E-state index contributed by atoms with van der Waals surface area (Å²) in [4.78, 5) is 24.2. The minimum atomic E-state index is -4.45. The highest BCUT2D eigenvalue weighted by Gasteiger charge is 2.36. The number of aryl methyl sites for hydroxylation is 1. The zero-order valence-electron chi connectivity index (χ0n) is 17.9. The van der Waals surface area contributed by atoms with Crippen LogP contribution in [0, 0.1) is 6.92 Å². The topological polar surface area (TPSA) is 73.4 Å². The largest absolute Gasteiger partial charge is 0.419 e. The third-order valence-corrected chi connectivity index (χ3v) is 5.31. The Morgan fingerprint density at radius 2 is 1.52 bits per heavy atom. The van der Waals surface area contributed by atoms with Crippen LogP contribution < -0.4 is 20.4 Å². The second kappa shape index (κ2) is 9.35. The first-order valence-corrected chi connectivity index (χ1v) is 10.4. The number of urea groups is 1. The van der Waals surface area contributed by atoms with E-state index in [9.17, 15) is 18.0 Å². The number of carbonyl (C=O) groups is 1. The van der Waals surface area contributed by atoms with Crippen molar-refractivity contribution in [3.8, 4) is 0 Å². The van der Waals surface area contributed by atoms with E-state index >= 15 is 0 Å². The summed E-state index contributed by atoms with van der Waals surface area (Å²) in [5.74, 6) is 0.646. The standard InChI is InChI=1S/C23H23F3N6O/c1-16-4-6-17(7-5-16)29-22(33)30-18-8-9-20(28-15-18)31-11-13-32(14-12-31)21-19(23(24,25)26)3-2-10-27-21/h2-10,15H,11-14H2,1H3,(H2,29,30,33). The Bertz CT molecular complexity index is 1090. The van der Waals surface area contributed by atoms with Crippen LogP contribution in [-0.2, 0) is 6.18 Å². The Labute approximate surface area is 189 Å². The Hall–Kier alpha value is -3.82. The Balaban J connectivity index is 1.33. The lowest BCUT2D eigenvalue weighted by Gasteiger charge is -2.36. The molecule has 4 rings (SSSR count). The summed E-state index contributed by atoms with van der Waals surface area (Å²) in [6, 6.07) is 12.9. The molecule has 1 fully saturated rings. The highest BCUT2D eigenvalue weighted by Crippen LogP contribution is 2.35. The van der Waals surface area contributed by atoms with Crippen LogP contribution in [-0.4, -0.2) is 42.2 Å². The van der Waals surface area contributed by atoms with Crippen LogP contribution in [0.1, 0.15) is 11.1 Å². The molecule has 2 N–H and O–H groups in total. The molecule has 7 nitrogen and oxygen atoms in total. The summed E-state index contributed by atoms with van der Waals surface area (Å²) in [5, 5.41) is 5.48. The first-order valence-electron chi connectivity index (χ1n) is 10.4. The number of halogens is 3. The number of nitrogens with zero attached hydrogens (tertiary/aromatic N) is 4. The van der Waals surface area contributed by atoms with Gasteiger partial charge in [-0.15, -0.1) is 0 Å². The molecule has 1 aliphatic heterocycles. The number of alkyl halides is 3. The number of piperazine rings is 1. The molecule has 0 unspecified atom stereocenters. The summed E-state index contributed by atoms with van der Waals surface area (Å²) < 4.78 is 39.9. The van der Waals surface area contributed by atoms with Gasteiger partial charge < -0.3 is 20.4 Å². The van der Waals surface area contributed by atoms with Crippen molar-refractivity contribution in [2.45, 2.75) is 13.1 Å². The van der Waals surface area contributed by atoms with Gasteiger partial charge in [0.2, 0.25) is 0 Å². The quantitative estimate of drug-likeness (QED) is 0.592. The van der Waals surface area contributed by atoms with Crippen LogP contribution in [0.25, 0.3) is 0 Å². The molecule has 2 aromatic heterocycles. The van der Waals surface area contributed by atoms with Gasteiger partial charge in [0.1, 0.15) is 11.6 Å². The first-order chi connectivity index (χ1) is 15.8. The lowest BCUT2D eigenvalue weighted by molar-refractivity contribution is -0.137. The van der Waals surface area contributed by atoms with Crippen molar-refractivity contribution in [2.75, 3.05) is 46.6 Å². The number of anilines is 4. The predicted molar refractivity (Wildman–Crippen MR) is 122 cm³/mol. The van der Waals surface area contributed by atoms with Crippen molar-refractivity contribution < 1.29 is 18.0 Å². The number of rotatable bonds is 4. The van der Waals surface area contributed by atoms with Gasteiger partial charge >= 0.3 is 12.2 Å². The van der Waals surface area contributed by atoms with Crippen molar-refractivity contribution in [3.05, 3.63) is 72.1 Å². The monoisotopic (exact) mass is 456 g/mol. The zero-order valence-corrected chi connectivity index (χ0v) is 17.9. The molecule has 0 atom stereocenters. The minimum Gasteiger partial charge on any atom is -0.353 e. The maximum Gasteiger partial charge on any atom is 0.419 e. The fraction of sp³-hybridized carbons (Fsp3) is 0.261. The molecule has 1 saturated heterocycles. The average Bonchev–Trinajstić information content (AvgIpc) is 2.81. The molecule has 1 aliphatic rings. The second-order valence-electron chi connectivity index (χ2n) is 7.70. The molecule has 3 heterocycles. The third kappa shape index (κ3) is 5.51. The van der Waals surface area contributed by atoms with E-state index in [0.29, 0.717) is 43.4 Å². The summed E-state index contributed by atoms with van der Waals surface area (Å²) in [6.07, 6.45) is -1.52. The van der Waals surface area contributed by atoms with E-state index in [0.717, 1.165) is 11.6 Å². The average molecular weight is 456 g/mol. The molecule has 10 heteroatoms. The molecule has 0 radical (unpaired) electrons. The molecule has 33 heavy (non-hydrogen) atoms. The highest BCUT2D eigenvalue weighted by atomic mass is 19.4. The van der Waals surface area contributed by atoms with E-state index in [-0.39, 0.29) is 11.8 Å². The van der Waals surface area contributed by atoms with E-state index < -0.39 is 11.7 Å². The van der Waals surface area contributed by atoms with Crippen molar-refractivity contribution in [3.63, 3.8) is 0 Å². The lowest BCUT2D eigenvalue weighted by atomic mass is 10.2. The number of hydrogen-bond donors (Lipinski definition) is 2. The number of nitrogens with one attached hydrogen (secondary N) is 2. The van der Waals surface area contributed by atoms with Crippen molar-refractivity contribution in [1.29, 1.82) is 0 Å². The summed E-state index contributed by atoms with van der Waals surface area (Å²) in [5.41, 5.74) is 1.59. The van der Waals surface area contributed by atoms with Gasteiger partial charge in [-0.1, -0.05) is 17.7 Å². The lowest BCUT2D eigenvalue weighted by Crippen LogP contribution is -2.47. The third-order valence-electron chi connectivity index (χ3n) is 5.31. The molecule has 0 aliphatic carbocycles. The maximum atomic E-state index is 13.3. The van der Waals surface area contributed by atoms with Crippen LogP contribution >= 0.6 is 0 Å². The fourth-order valence-electron chi connectivity index (χ4n) is 3.59. The van der Waals surface area contributed by atoms with Crippen molar-refractivity contribution >= 4 is 29.0 Å². The molecule has 3 aromatic rings. The molecule has 0 bridgehead atoms. The predicted octanol–water partition coefficient (Wildman–Crippen LogP) is 4.77. The molecule has 172 valence electrons. The van der Waals surface area contributed by atoms with Crippen LogP contribution in [0.4, 0.5) is 41.0 Å². The van der Waals surface area contributed by atoms with Gasteiger partial charge in [-0.3, -0.25) is 0 Å². The zero-order chi connectivity index (χ0) is 23.4. The van der Waals surface area contributed by atoms with Crippen LogP contribution in [0.3, 0.4) is 0 Å². The van der Waals surface area contributed by atoms with Gasteiger partial charge in [0.05, 0.1) is 17.4 Å². The van der Waals surface area contributed by atoms with E-state index in [1.165, 1.54) is 12.3 Å². The number of hydrogen-bond acceptors (Lipinski definition) is 5. The summed E-state index contributed by atoms with van der Waals surface area (Å²) >= 11 is 0. The number of aromatic nitrogens is 2. The van der Waals surface area contributed by atoms with E-state index in [2.05, 4.69) is 20.6 Å². The Morgan fingerprint density at radius 1 is 0.879 bits per heavy atom. The van der Waals surface area contributed by atoms with Gasteiger partial charge in [0.25, 0.3) is 0 Å². The number of carbonyl (C=O) groups excluding carboxylic acids is 1. The number of amides is 2. The molecule has 0 spiro atoms. The molecule has 2 amide bonds. The number of benzene rings is 1. The Kier molecular flexibility index (Phi) is 6.34. The van der Waals surface area contributed by atoms with Gasteiger partial charge in [-0.05, 0) is 43.3 Å². The SMILES string of the molecule is Cc1ccc(NC(=O)Nc2ccc(N3CCN(c4ncccc4C(F)(F)F)CC3)nc2)cc1. The smallest absolute Gasteiger partial charge is 0.353 e. The number of pyridine rings is 2. The van der Waals surface area contributed by atoms with Crippen LogP contribution in [0.5, 0.6) is 0 Å². The minimum absolute atomic E-state index is 0.0447. The Morgan fingerprint density at radius 3 is 2.15 bits per heavy atom. The molecular formula is C23H23F3N6O. The summed E-state index contributed by atoms with van der Waals surface area (Å²) in [7, 11) is 0. The van der Waals surface area contributed by atoms with Crippen molar-refractivity contribution in [2.24, 2.45) is 0 Å². The first kappa shape index (κ1) is 22.4. The van der Waals surface area contributed by atoms with Crippen LogP contribution in [0.2, 0.25) is 0 Å². The highest BCUT2D eigenvalue weighted by molar-refractivity contribution is 5.99. The molecule has 0 saturated carbocycles. The van der Waals surface area contributed by atoms with Gasteiger partial charge in [0, 0.05) is 38.1 Å².